The molecule has 0 spiro atoms. The van der Waals surface area contributed by atoms with E-state index in [2.05, 4.69) is 10.6 Å². The number of halogens is 1. The van der Waals surface area contributed by atoms with Crippen molar-refractivity contribution in [1.82, 2.24) is 5.32 Å². The fraction of sp³-hybridized carbons (Fsp3) is 0.417. The maximum atomic E-state index is 13.4. The van der Waals surface area contributed by atoms with Crippen LogP contribution in [0.2, 0.25) is 0 Å². The van der Waals surface area contributed by atoms with Crippen LogP contribution in [0.1, 0.15) is 12.8 Å². The van der Waals surface area contributed by atoms with Gasteiger partial charge in [-0.1, -0.05) is 0 Å². The van der Waals surface area contributed by atoms with Gasteiger partial charge < -0.3 is 15.4 Å². The molecule has 1 aliphatic rings. The van der Waals surface area contributed by atoms with Crippen molar-refractivity contribution in [1.29, 1.82) is 0 Å². The molecule has 2 N–H and O–H groups in total. The molecular weight excluding hydrogens is 223 g/mol. The fourth-order valence-electron chi connectivity index (χ4n) is 1.45. The quantitative estimate of drug-likeness (QED) is 0.817. The van der Waals surface area contributed by atoms with Crippen LogP contribution in [-0.2, 0) is 4.79 Å². The average Bonchev–Trinajstić information content (AvgIpc) is 3.13. The predicted molar refractivity (Wildman–Crippen MR) is 62.6 cm³/mol. The van der Waals surface area contributed by atoms with Crippen LogP contribution >= 0.6 is 0 Å². The average molecular weight is 238 g/mol. The lowest BCUT2D eigenvalue weighted by molar-refractivity contribution is -0.115. The van der Waals surface area contributed by atoms with Crippen molar-refractivity contribution in [3.8, 4) is 5.75 Å². The second-order valence-electron chi connectivity index (χ2n) is 4.05. The normalized spacial score (nSPS) is 14.5. The summed E-state index contributed by atoms with van der Waals surface area (Å²) in [7, 11) is 1.49. The molecule has 1 aromatic rings. The van der Waals surface area contributed by atoms with Crippen LogP contribution in [0.3, 0.4) is 0 Å². The molecule has 0 aromatic heterocycles. The van der Waals surface area contributed by atoms with Crippen molar-refractivity contribution in [2.75, 3.05) is 19.0 Å². The minimum atomic E-state index is -0.467. The molecule has 0 heterocycles. The van der Waals surface area contributed by atoms with Gasteiger partial charge in [-0.25, -0.2) is 4.39 Å². The van der Waals surface area contributed by atoms with E-state index in [4.69, 9.17) is 4.74 Å². The first-order valence-corrected chi connectivity index (χ1v) is 5.56. The van der Waals surface area contributed by atoms with Crippen molar-refractivity contribution >= 4 is 11.6 Å². The summed E-state index contributed by atoms with van der Waals surface area (Å²) in [5.41, 5.74) is 0.145. The number of nitrogens with one attached hydrogen (secondary N) is 2. The molecule has 0 saturated heterocycles. The Labute approximate surface area is 99.2 Å². The van der Waals surface area contributed by atoms with Crippen LogP contribution in [-0.4, -0.2) is 25.6 Å². The van der Waals surface area contributed by atoms with Gasteiger partial charge in [0.2, 0.25) is 5.91 Å². The molecule has 1 aliphatic carbocycles. The van der Waals surface area contributed by atoms with E-state index in [1.54, 1.807) is 0 Å². The summed E-state index contributed by atoms with van der Waals surface area (Å²) in [4.78, 5) is 11.5. The summed E-state index contributed by atoms with van der Waals surface area (Å²) in [6.45, 7) is 0.210. The van der Waals surface area contributed by atoms with Gasteiger partial charge in [-0.2, -0.15) is 0 Å². The van der Waals surface area contributed by atoms with Crippen molar-refractivity contribution in [2.45, 2.75) is 18.9 Å². The van der Waals surface area contributed by atoms with Crippen LogP contribution in [0.25, 0.3) is 0 Å². The summed E-state index contributed by atoms with van der Waals surface area (Å²) in [6, 6.07) is 4.69. The molecule has 1 amide bonds. The molecule has 2 rings (SSSR count). The van der Waals surface area contributed by atoms with Crippen molar-refractivity contribution in [3.63, 3.8) is 0 Å². The predicted octanol–water partition coefficient (Wildman–Crippen LogP) is 1.52. The first-order chi connectivity index (χ1) is 8.19. The highest BCUT2D eigenvalue weighted by molar-refractivity contribution is 5.92. The standard InChI is InChI=1S/C12H15FN2O2/c1-17-9-4-5-10(13)11(6-9)15-12(16)7-14-8-2-3-8/h4-6,8,14H,2-3,7H2,1H3,(H,15,16). The SMILES string of the molecule is COc1ccc(F)c(NC(=O)CNC2CC2)c1. The third-order valence-corrected chi connectivity index (χ3v) is 2.58. The lowest BCUT2D eigenvalue weighted by atomic mass is 10.3. The van der Waals surface area contributed by atoms with E-state index in [-0.39, 0.29) is 18.1 Å². The first kappa shape index (κ1) is 11.9. The third kappa shape index (κ3) is 3.42. The molecule has 92 valence electrons. The number of carbonyl (C=O) groups is 1. The smallest absolute Gasteiger partial charge is 0.238 e. The van der Waals surface area contributed by atoms with E-state index in [9.17, 15) is 9.18 Å². The molecule has 1 saturated carbocycles. The molecule has 0 radical (unpaired) electrons. The Morgan fingerprint density at radius 2 is 2.29 bits per heavy atom. The molecule has 5 heteroatoms. The Morgan fingerprint density at radius 3 is 2.94 bits per heavy atom. The Morgan fingerprint density at radius 1 is 1.53 bits per heavy atom. The van der Waals surface area contributed by atoms with E-state index in [0.29, 0.717) is 11.8 Å². The summed E-state index contributed by atoms with van der Waals surface area (Å²) >= 11 is 0. The van der Waals surface area contributed by atoms with Crippen LogP contribution in [0, 0.1) is 5.82 Å². The van der Waals surface area contributed by atoms with Crippen molar-refractivity contribution in [3.05, 3.63) is 24.0 Å². The Balaban J connectivity index is 1.93. The zero-order valence-corrected chi connectivity index (χ0v) is 9.63. The highest BCUT2D eigenvalue weighted by Gasteiger charge is 2.21. The van der Waals surface area contributed by atoms with Gasteiger partial charge in [-0.05, 0) is 25.0 Å². The largest absolute Gasteiger partial charge is 0.497 e. The van der Waals surface area contributed by atoms with Crippen LogP contribution in [0.15, 0.2) is 18.2 Å². The number of hydrogen-bond acceptors (Lipinski definition) is 3. The van der Waals surface area contributed by atoms with Gasteiger partial charge in [0.15, 0.2) is 0 Å². The number of ether oxygens (including phenoxy) is 1. The molecule has 1 aromatic carbocycles. The number of hydrogen-bond donors (Lipinski definition) is 2. The van der Waals surface area contributed by atoms with Gasteiger partial charge in [-0.15, -0.1) is 0 Å². The number of carbonyl (C=O) groups excluding carboxylic acids is 1. The minimum Gasteiger partial charge on any atom is -0.497 e. The molecule has 0 unspecified atom stereocenters. The third-order valence-electron chi connectivity index (χ3n) is 2.58. The Kier molecular flexibility index (Phi) is 3.58. The second kappa shape index (κ2) is 5.14. The first-order valence-electron chi connectivity index (χ1n) is 5.56. The number of benzene rings is 1. The molecule has 0 atom stereocenters. The van der Waals surface area contributed by atoms with Crippen LogP contribution in [0.5, 0.6) is 5.75 Å². The van der Waals surface area contributed by atoms with E-state index in [1.165, 1.54) is 25.3 Å². The summed E-state index contributed by atoms with van der Waals surface area (Å²) in [5.74, 6) is -0.202. The number of amides is 1. The van der Waals surface area contributed by atoms with E-state index < -0.39 is 5.82 Å². The lowest BCUT2D eigenvalue weighted by Crippen LogP contribution is -2.29. The van der Waals surface area contributed by atoms with Crippen LogP contribution in [0.4, 0.5) is 10.1 Å². The minimum absolute atomic E-state index is 0.145. The molecule has 0 aliphatic heterocycles. The summed E-state index contributed by atoms with van der Waals surface area (Å²) in [5, 5.41) is 5.57. The molecule has 1 fully saturated rings. The van der Waals surface area contributed by atoms with Gasteiger partial charge in [-0.3, -0.25) is 4.79 Å². The number of anilines is 1. The Hall–Kier alpha value is -1.62. The second-order valence-corrected chi connectivity index (χ2v) is 4.05. The monoisotopic (exact) mass is 238 g/mol. The fourth-order valence-corrected chi connectivity index (χ4v) is 1.45. The van der Waals surface area contributed by atoms with Gasteiger partial charge >= 0.3 is 0 Å². The van der Waals surface area contributed by atoms with E-state index in [1.807, 2.05) is 0 Å². The van der Waals surface area contributed by atoms with Crippen LogP contribution < -0.4 is 15.4 Å². The van der Waals surface area contributed by atoms with Gasteiger partial charge in [0.1, 0.15) is 11.6 Å². The highest BCUT2D eigenvalue weighted by atomic mass is 19.1. The van der Waals surface area contributed by atoms with Crippen molar-refractivity contribution < 1.29 is 13.9 Å². The topological polar surface area (TPSA) is 50.4 Å². The maximum Gasteiger partial charge on any atom is 0.238 e. The Bertz CT molecular complexity index is 419. The zero-order chi connectivity index (χ0) is 12.3. The molecule has 0 bridgehead atoms. The molecular formula is C12H15FN2O2. The van der Waals surface area contributed by atoms with Gasteiger partial charge in [0.05, 0.1) is 19.3 Å². The van der Waals surface area contributed by atoms with Crippen molar-refractivity contribution in [2.24, 2.45) is 0 Å². The van der Waals surface area contributed by atoms with Gasteiger partial charge in [0, 0.05) is 12.1 Å². The highest BCUT2D eigenvalue weighted by Crippen LogP contribution is 2.21. The van der Waals surface area contributed by atoms with E-state index in [0.717, 1.165) is 12.8 Å². The van der Waals surface area contributed by atoms with E-state index >= 15 is 0 Å². The summed E-state index contributed by atoms with van der Waals surface area (Å²) < 4.78 is 18.4. The molecule has 4 nitrogen and oxygen atoms in total. The molecule has 17 heavy (non-hydrogen) atoms. The van der Waals surface area contributed by atoms with Gasteiger partial charge in [0.25, 0.3) is 0 Å². The zero-order valence-electron chi connectivity index (χ0n) is 9.63. The summed E-state index contributed by atoms with van der Waals surface area (Å²) in [6.07, 6.45) is 2.22. The number of methoxy groups -OCH3 is 1. The maximum absolute atomic E-state index is 13.4. The number of rotatable bonds is 5. The lowest BCUT2D eigenvalue weighted by Gasteiger charge is -2.08.